The Morgan fingerprint density at radius 1 is 0.667 bits per heavy atom. The molecule has 0 amide bonds. The Morgan fingerprint density at radius 3 is 1.33 bits per heavy atom. The smallest absolute Gasteiger partial charge is 0.0708 e. The van der Waals surface area contributed by atoms with Gasteiger partial charge in [0, 0.05) is 24.9 Å². The van der Waals surface area contributed by atoms with Gasteiger partial charge in [0.15, 0.2) is 0 Å². The molecule has 2 heteroatoms. The third-order valence-electron chi connectivity index (χ3n) is 4.87. The fourth-order valence-electron chi connectivity index (χ4n) is 3.37. The molecule has 0 unspecified atom stereocenters. The summed E-state index contributed by atoms with van der Waals surface area (Å²) in [5.74, 6) is 0. The van der Waals surface area contributed by atoms with Crippen molar-refractivity contribution < 1.29 is 0 Å². The van der Waals surface area contributed by atoms with Crippen molar-refractivity contribution in [2.24, 2.45) is 0 Å². The molecule has 0 saturated carbocycles. The lowest BCUT2D eigenvalue weighted by atomic mass is 9.85. The fraction of sp³-hybridized carbons (Fsp3) is 0.455. The standard InChI is InChI=1S/C22H30N2/c1-21(2,3)15-9-11-19-17(13-15)18-14-16(22(4,5)6)10-12-20(18)24(19)23(7)8/h9-14H,1-8H3. The van der Waals surface area contributed by atoms with Crippen molar-refractivity contribution in [3.63, 3.8) is 0 Å². The lowest BCUT2D eigenvalue weighted by Gasteiger charge is -2.20. The molecule has 24 heavy (non-hydrogen) atoms. The van der Waals surface area contributed by atoms with Gasteiger partial charge in [-0.05, 0) is 46.2 Å². The summed E-state index contributed by atoms with van der Waals surface area (Å²) < 4.78 is 2.31. The second kappa shape index (κ2) is 5.27. The van der Waals surface area contributed by atoms with E-state index < -0.39 is 0 Å². The quantitative estimate of drug-likeness (QED) is 0.567. The zero-order valence-corrected chi connectivity index (χ0v) is 16.4. The van der Waals surface area contributed by atoms with Crippen molar-refractivity contribution in [1.29, 1.82) is 0 Å². The van der Waals surface area contributed by atoms with Crippen molar-refractivity contribution in [3.05, 3.63) is 47.5 Å². The Labute approximate surface area is 146 Å². The average molecular weight is 322 g/mol. The van der Waals surface area contributed by atoms with E-state index in [1.807, 2.05) is 0 Å². The van der Waals surface area contributed by atoms with E-state index in [0.717, 1.165) is 0 Å². The summed E-state index contributed by atoms with van der Waals surface area (Å²) in [6, 6.07) is 13.8. The summed E-state index contributed by atoms with van der Waals surface area (Å²) in [5.41, 5.74) is 5.62. The highest BCUT2D eigenvalue weighted by Crippen LogP contribution is 2.35. The maximum atomic E-state index is 2.38. The van der Waals surface area contributed by atoms with E-state index in [0.29, 0.717) is 0 Å². The van der Waals surface area contributed by atoms with Crippen LogP contribution >= 0.6 is 0 Å². The Bertz CT molecular complexity index is 828. The normalized spacial score (nSPS) is 13.0. The molecule has 1 aromatic heterocycles. The fourth-order valence-corrected chi connectivity index (χ4v) is 3.37. The summed E-state index contributed by atoms with van der Waals surface area (Å²) >= 11 is 0. The molecule has 3 aromatic rings. The largest absolute Gasteiger partial charge is 0.318 e. The molecule has 1 heterocycles. The molecule has 2 aromatic carbocycles. The number of hydrogen-bond donors (Lipinski definition) is 0. The molecule has 0 bridgehead atoms. The van der Waals surface area contributed by atoms with Crippen LogP contribution in [0.2, 0.25) is 0 Å². The Balaban J connectivity index is 2.43. The zero-order valence-electron chi connectivity index (χ0n) is 16.4. The summed E-state index contributed by atoms with van der Waals surface area (Å²) in [7, 11) is 4.21. The second-order valence-electron chi connectivity index (χ2n) is 9.12. The van der Waals surface area contributed by atoms with Gasteiger partial charge < -0.3 is 5.01 Å². The molecule has 0 radical (unpaired) electrons. The number of hydrogen-bond acceptors (Lipinski definition) is 1. The molecule has 0 spiro atoms. The number of nitrogens with zero attached hydrogens (tertiary/aromatic N) is 2. The molecule has 0 aliphatic carbocycles. The maximum absolute atomic E-state index is 2.38. The first-order chi connectivity index (χ1) is 11.0. The molecule has 2 nitrogen and oxygen atoms in total. The molecule has 0 N–H and O–H groups in total. The van der Waals surface area contributed by atoms with Crippen LogP contribution in [0.4, 0.5) is 0 Å². The van der Waals surface area contributed by atoms with Crippen LogP contribution < -0.4 is 5.01 Å². The molecular weight excluding hydrogens is 292 g/mol. The minimum absolute atomic E-state index is 0.155. The Kier molecular flexibility index (Phi) is 3.71. The lowest BCUT2D eigenvalue weighted by Crippen LogP contribution is -2.24. The number of fused-ring (bicyclic) bond motifs is 3. The van der Waals surface area contributed by atoms with E-state index in [-0.39, 0.29) is 10.8 Å². The van der Waals surface area contributed by atoms with Crippen molar-refractivity contribution in [1.82, 2.24) is 4.68 Å². The number of benzene rings is 2. The number of aromatic nitrogens is 1. The van der Waals surface area contributed by atoms with E-state index >= 15 is 0 Å². The van der Waals surface area contributed by atoms with Crippen molar-refractivity contribution in [2.45, 2.75) is 52.4 Å². The summed E-state index contributed by atoms with van der Waals surface area (Å²) in [6.45, 7) is 13.7. The first-order valence-corrected chi connectivity index (χ1v) is 8.77. The highest BCUT2D eigenvalue weighted by Gasteiger charge is 2.20. The van der Waals surface area contributed by atoms with Gasteiger partial charge in [0.2, 0.25) is 0 Å². The third kappa shape index (κ3) is 2.68. The molecule has 0 fully saturated rings. The number of rotatable bonds is 1. The molecule has 0 aliphatic heterocycles. The predicted octanol–water partition coefficient (Wildman–Crippen LogP) is 5.59. The van der Waals surface area contributed by atoms with Gasteiger partial charge in [0.1, 0.15) is 0 Å². The maximum Gasteiger partial charge on any atom is 0.0708 e. The van der Waals surface area contributed by atoms with Crippen LogP contribution in [0.5, 0.6) is 0 Å². The SMILES string of the molecule is CN(C)n1c2ccc(C(C)(C)C)cc2c2cc(C(C)(C)C)ccc21. The topological polar surface area (TPSA) is 8.17 Å². The van der Waals surface area contributed by atoms with Gasteiger partial charge in [-0.3, -0.25) is 4.68 Å². The third-order valence-corrected chi connectivity index (χ3v) is 4.87. The Morgan fingerprint density at radius 2 is 1.04 bits per heavy atom. The van der Waals surface area contributed by atoms with Crippen molar-refractivity contribution in [2.75, 3.05) is 19.1 Å². The van der Waals surface area contributed by atoms with E-state index in [2.05, 4.69) is 102 Å². The van der Waals surface area contributed by atoms with Gasteiger partial charge in [-0.1, -0.05) is 53.7 Å². The van der Waals surface area contributed by atoms with Gasteiger partial charge in [-0.15, -0.1) is 0 Å². The van der Waals surface area contributed by atoms with Crippen LogP contribution in [-0.2, 0) is 10.8 Å². The first-order valence-electron chi connectivity index (χ1n) is 8.77. The second-order valence-corrected chi connectivity index (χ2v) is 9.12. The Hall–Kier alpha value is -1.96. The van der Waals surface area contributed by atoms with Crippen LogP contribution in [0, 0.1) is 0 Å². The zero-order chi connectivity index (χ0) is 17.9. The highest BCUT2D eigenvalue weighted by molar-refractivity contribution is 6.08. The van der Waals surface area contributed by atoms with E-state index in [9.17, 15) is 0 Å². The van der Waals surface area contributed by atoms with E-state index in [1.54, 1.807) is 0 Å². The van der Waals surface area contributed by atoms with Gasteiger partial charge >= 0.3 is 0 Å². The first kappa shape index (κ1) is 16.9. The predicted molar refractivity (Wildman–Crippen MR) is 107 cm³/mol. The molecular formula is C22H30N2. The molecule has 0 atom stereocenters. The summed E-state index contributed by atoms with van der Waals surface area (Å²) in [4.78, 5) is 0. The molecule has 3 rings (SSSR count). The van der Waals surface area contributed by atoms with Crippen LogP contribution in [0.1, 0.15) is 52.7 Å². The van der Waals surface area contributed by atoms with Gasteiger partial charge in [-0.25, -0.2) is 0 Å². The highest BCUT2D eigenvalue weighted by atomic mass is 15.5. The van der Waals surface area contributed by atoms with E-state index in [4.69, 9.17) is 0 Å². The van der Waals surface area contributed by atoms with Crippen LogP contribution in [0.3, 0.4) is 0 Å². The van der Waals surface area contributed by atoms with Crippen LogP contribution in [0.25, 0.3) is 21.8 Å². The molecule has 0 aliphatic rings. The summed E-state index contributed by atoms with van der Waals surface area (Å²) in [5, 5.41) is 4.85. The van der Waals surface area contributed by atoms with Crippen LogP contribution in [0.15, 0.2) is 36.4 Å². The van der Waals surface area contributed by atoms with Gasteiger partial charge in [0.05, 0.1) is 11.0 Å². The minimum Gasteiger partial charge on any atom is -0.318 e. The van der Waals surface area contributed by atoms with Gasteiger partial charge in [-0.2, -0.15) is 0 Å². The molecule has 128 valence electrons. The van der Waals surface area contributed by atoms with E-state index in [1.165, 1.54) is 32.9 Å². The van der Waals surface area contributed by atoms with Crippen LogP contribution in [-0.4, -0.2) is 18.8 Å². The molecule has 0 saturated heterocycles. The van der Waals surface area contributed by atoms with Crippen molar-refractivity contribution >= 4 is 21.8 Å². The monoisotopic (exact) mass is 322 g/mol. The summed E-state index contributed by atoms with van der Waals surface area (Å²) in [6.07, 6.45) is 0. The average Bonchev–Trinajstić information content (AvgIpc) is 2.78. The van der Waals surface area contributed by atoms with Gasteiger partial charge in [0.25, 0.3) is 0 Å². The van der Waals surface area contributed by atoms with Crippen molar-refractivity contribution in [3.8, 4) is 0 Å². The minimum atomic E-state index is 0.155. The lowest BCUT2D eigenvalue weighted by molar-refractivity contribution is 0.590.